The molecule has 0 unspecified atom stereocenters. The van der Waals surface area contributed by atoms with Gasteiger partial charge in [0, 0.05) is 5.02 Å². The number of carbonyl (C=O) groups excluding carboxylic acids is 2. The zero-order valence-electron chi connectivity index (χ0n) is 17.5. The Labute approximate surface area is 208 Å². The predicted octanol–water partition coefficient (Wildman–Crippen LogP) is 5.10. The quantitative estimate of drug-likeness (QED) is 0.276. The molecule has 1 saturated heterocycles. The van der Waals surface area contributed by atoms with Gasteiger partial charge in [0.05, 0.1) is 27.9 Å². The van der Waals surface area contributed by atoms with Gasteiger partial charge in [0.2, 0.25) is 0 Å². The summed E-state index contributed by atoms with van der Waals surface area (Å²) in [5, 5.41) is 3.86. The second-order valence-electron chi connectivity index (χ2n) is 6.49. The topological polar surface area (TPSA) is 86.2 Å². The molecule has 0 atom stereocenters. The fourth-order valence-electron chi connectivity index (χ4n) is 2.76. The second-order valence-corrected chi connectivity index (χ2v) is 9.09. The third-order valence-electron chi connectivity index (χ3n) is 4.30. The smallest absolute Gasteiger partial charge is 0.344 e. The summed E-state index contributed by atoms with van der Waals surface area (Å²) in [6, 6.07) is 9.01. The second kappa shape index (κ2) is 11.1. The van der Waals surface area contributed by atoms with Crippen LogP contribution in [0.2, 0.25) is 5.02 Å². The highest BCUT2D eigenvalue weighted by Gasteiger charge is 2.24. The van der Waals surface area contributed by atoms with Crippen molar-refractivity contribution in [1.82, 2.24) is 5.32 Å². The molecule has 7 nitrogen and oxygen atoms in total. The molecule has 0 aromatic heterocycles. The minimum absolute atomic E-state index is 0.221. The molecule has 1 N–H and O–H groups in total. The van der Waals surface area contributed by atoms with Crippen LogP contribution in [0.15, 0.2) is 40.2 Å². The van der Waals surface area contributed by atoms with Gasteiger partial charge in [-0.25, -0.2) is 9.79 Å². The largest absolute Gasteiger partial charge is 0.493 e. The molecule has 2 aromatic carbocycles. The van der Waals surface area contributed by atoms with Crippen LogP contribution in [0.1, 0.15) is 18.1 Å². The molecule has 0 radical (unpaired) electrons. The molecule has 32 heavy (non-hydrogen) atoms. The van der Waals surface area contributed by atoms with Crippen LogP contribution in [0.4, 0.5) is 5.69 Å². The number of rotatable bonds is 7. The van der Waals surface area contributed by atoms with Gasteiger partial charge in [0.15, 0.2) is 23.3 Å². The Kier molecular flexibility index (Phi) is 8.44. The fraction of sp³-hybridized carbons (Fsp3) is 0.227. The minimum atomic E-state index is -0.461. The third-order valence-corrected chi connectivity index (χ3v) is 6.42. The van der Waals surface area contributed by atoms with Crippen LogP contribution >= 0.6 is 46.0 Å². The summed E-state index contributed by atoms with van der Waals surface area (Å²) in [5.41, 5.74) is 2.28. The van der Waals surface area contributed by atoms with E-state index in [-0.39, 0.29) is 19.1 Å². The van der Waals surface area contributed by atoms with E-state index in [9.17, 15) is 9.59 Å². The fourth-order valence-corrected chi connectivity index (χ4v) is 4.54. The molecular formula is C22H20ClIN2O5S. The van der Waals surface area contributed by atoms with Crippen molar-refractivity contribution in [2.24, 2.45) is 4.99 Å². The van der Waals surface area contributed by atoms with Crippen LogP contribution in [0, 0.1) is 10.5 Å². The van der Waals surface area contributed by atoms with E-state index < -0.39 is 5.97 Å². The van der Waals surface area contributed by atoms with Gasteiger partial charge in [-0.2, -0.15) is 0 Å². The molecule has 1 fully saturated rings. The van der Waals surface area contributed by atoms with Crippen molar-refractivity contribution in [2.45, 2.75) is 13.8 Å². The molecule has 0 saturated carbocycles. The summed E-state index contributed by atoms with van der Waals surface area (Å²) in [5.74, 6) is 0.174. The maximum atomic E-state index is 12.5. The van der Waals surface area contributed by atoms with E-state index >= 15 is 0 Å². The number of hydrogen-bond donors (Lipinski definition) is 1. The average Bonchev–Trinajstić information content (AvgIpc) is 3.09. The van der Waals surface area contributed by atoms with E-state index in [1.165, 1.54) is 18.9 Å². The molecule has 10 heteroatoms. The zero-order chi connectivity index (χ0) is 23.3. The summed E-state index contributed by atoms with van der Waals surface area (Å²) in [4.78, 5) is 29.1. The van der Waals surface area contributed by atoms with E-state index in [0.29, 0.717) is 32.3 Å². The number of nitrogens with zero attached hydrogens (tertiary/aromatic N) is 1. The van der Waals surface area contributed by atoms with Crippen molar-refractivity contribution in [3.8, 4) is 11.5 Å². The SMILES string of the molecule is CCOC(=O)COc1c(I)cc(/C=C2/SC(=Nc3cccc(Cl)c3C)NC2=O)cc1OC. The molecular weight excluding hydrogens is 567 g/mol. The number of benzene rings is 2. The monoisotopic (exact) mass is 586 g/mol. The molecule has 1 aliphatic rings. The predicted molar refractivity (Wildman–Crippen MR) is 135 cm³/mol. The summed E-state index contributed by atoms with van der Waals surface area (Å²) in [6.45, 7) is 3.67. The summed E-state index contributed by atoms with van der Waals surface area (Å²) in [7, 11) is 1.51. The highest BCUT2D eigenvalue weighted by Crippen LogP contribution is 2.36. The molecule has 1 heterocycles. The first-order valence-electron chi connectivity index (χ1n) is 9.53. The number of amides is 1. The van der Waals surface area contributed by atoms with Gasteiger partial charge in [0.25, 0.3) is 5.91 Å². The highest BCUT2D eigenvalue weighted by atomic mass is 127. The number of ether oxygens (including phenoxy) is 3. The van der Waals surface area contributed by atoms with E-state index in [0.717, 1.165) is 14.7 Å². The highest BCUT2D eigenvalue weighted by molar-refractivity contribution is 14.1. The lowest BCUT2D eigenvalue weighted by Gasteiger charge is -2.13. The van der Waals surface area contributed by atoms with Crippen LogP contribution < -0.4 is 14.8 Å². The third kappa shape index (κ3) is 5.96. The molecule has 3 rings (SSSR count). The number of methoxy groups -OCH3 is 1. The average molecular weight is 587 g/mol. The first kappa shape index (κ1) is 24.4. The van der Waals surface area contributed by atoms with E-state index in [2.05, 4.69) is 32.9 Å². The van der Waals surface area contributed by atoms with Crippen LogP contribution in [0.3, 0.4) is 0 Å². The van der Waals surface area contributed by atoms with Crippen LogP contribution in [0.5, 0.6) is 11.5 Å². The van der Waals surface area contributed by atoms with Crippen molar-refractivity contribution in [3.05, 3.63) is 55.0 Å². The van der Waals surface area contributed by atoms with Crippen molar-refractivity contribution in [2.75, 3.05) is 20.3 Å². The Balaban J connectivity index is 1.82. The zero-order valence-corrected chi connectivity index (χ0v) is 21.3. The van der Waals surface area contributed by atoms with Gasteiger partial charge in [-0.3, -0.25) is 4.79 Å². The molecule has 2 aromatic rings. The maximum Gasteiger partial charge on any atom is 0.344 e. The number of thioether (sulfide) groups is 1. The van der Waals surface area contributed by atoms with Crippen LogP contribution in [-0.2, 0) is 14.3 Å². The number of carbonyl (C=O) groups is 2. The number of halogens is 2. The normalized spacial score (nSPS) is 15.7. The number of amidine groups is 1. The molecule has 1 aliphatic heterocycles. The van der Waals surface area contributed by atoms with Crippen molar-refractivity contribution >= 4 is 74.8 Å². The Morgan fingerprint density at radius 3 is 2.84 bits per heavy atom. The number of aliphatic imine (C=N–C) groups is 1. The van der Waals surface area contributed by atoms with E-state index in [4.69, 9.17) is 25.8 Å². The minimum Gasteiger partial charge on any atom is -0.493 e. The van der Waals surface area contributed by atoms with E-state index in [1.54, 1.807) is 25.1 Å². The van der Waals surface area contributed by atoms with Gasteiger partial charge in [0.1, 0.15) is 0 Å². The van der Waals surface area contributed by atoms with Gasteiger partial charge >= 0.3 is 5.97 Å². The van der Waals surface area contributed by atoms with Crippen molar-refractivity contribution in [1.29, 1.82) is 0 Å². The van der Waals surface area contributed by atoms with Crippen LogP contribution in [0.25, 0.3) is 6.08 Å². The molecule has 0 bridgehead atoms. The van der Waals surface area contributed by atoms with Crippen molar-refractivity contribution in [3.63, 3.8) is 0 Å². The van der Waals surface area contributed by atoms with Gasteiger partial charge in [-0.05, 0) is 89.7 Å². The first-order chi connectivity index (χ1) is 15.3. The summed E-state index contributed by atoms with van der Waals surface area (Å²) >= 11 is 9.48. The maximum absolute atomic E-state index is 12.5. The Morgan fingerprint density at radius 2 is 2.12 bits per heavy atom. The molecule has 0 spiro atoms. The van der Waals surface area contributed by atoms with Gasteiger partial charge in [-0.15, -0.1) is 0 Å². The molecule has 0 aliphatic carbocycles. The van der Waals surface area contributed by atoms with Crippen LogP contribution in [-0.4, -0.2) is 37.4 Å². The molecule has 1 amide bonds. The number of esters is 1. The lowest BCUT2D eigenvalue weighted by Crippen LogP contribution is -2.19. The first-order valence-corrected chi connectivity index (χ1v) is 11.8. The number of hydrogen-bond acceptors (Lipinski definition) is 7. The summed E-state index contributed by atoms with van der Waals surface area (Å²) < 4.78 is 16.6. The summed E-state index contributed by atoms with van der Waals surface area (Å²) in [6.07, 6.45) is 1.74. The molecule has 168 valence electrons. The Bertz CT molecular complexity index is 1120. The van der Waals surface area contributed by atoms with Gasteiger partial charge in [-0.1, -0.05) is 17.7 Å². The lowest BCUT2D eigenvalue weighted by atomic mass is 10.2. The van der Waals surface area contributed by atoms with Crippen molar-refractivity contribution < 1.29 is 23.8 Å². The standard InChI is InChI=1S/C22H20ClIN2O5S/c1-4-30-19(27)11-31-20-15(24)8-13(9-17(20)29-3)10-18-21(28)26-22(32-18)25-16-7-5-6-14(23)12(16)2/h5-10H,4,11H2,1-3H3,(H,25,26,28)/b18-10+. The number of nitrogens with one attached hydrogen (secondary N) is 1. The Morgan fingerprint density at radius 1 is 1.34 bits per heavy atom. The van der Waals surface area contributed by atoms with E-state index in [1.807, 2.05) is 25.1 Å². The Hall–Kier alpha value is -2.24. The lowest BCUT2D eigenvalue weighted by molar-refractivity contribution is -0.145. The van der Waals surface area contributed by atoms with Gasteiger partial charge < -0.3 is 19.5 Å².